The van der Waals surface area contributed by atoms with Crippen LogP contribution in [0.5, 0.6) is 0 Å². The molecule has 3 atom stereocenters. The highest BCUT2D eigenvalue weighted by molar-refractivity contribution is 4.86. The molecule has 4 heteroatoms. The number of hydrogen-bond acceptors (Lipinski definition) is 3. The molecule has 66 valence electrons. The highest BCUT2D eigenvalue weighted by atomic mass is 19.1. The summed E-state index contributed by atoms with van der Waals surface area (Å²) in [5, 5.41) is 2.92. The summed E-state index contributed by atoms with van der Waals surface area (Å²) < 4.78 is 23.0. The van der Waals surface area contributed by atoms with Crippen LogP contribution in [0.4, 0.5) is 4.39 Å². The normalized spacial score (nSPS) is 39.0. The first-order valence-electron chi connectivity index (χ1n) is 3.70. The van der Waals surface area contributed by atoms with Crippen molar-refractivity contribution in [2.45, 2.75) is 18.4 Å². The van der Waals surface area contributed by atoms with Crippen molar-refractivity contribution in [3.05, 3.63) is 0 Å². The monoisotopic (exact) mass is 163 g/mol. The molecule has 0 aromatic carbocycles. The van der Waals surface area contributed by atoms with E-state index in [2.05, 4.69) is 5.32 Å². The number of rotatable bonds is 2. The van der Waals surface area contributed by atoms with Crippen molar-refractivity contribution in [1.29, 1.82) is 0 Å². The van der Waals surface area contributed by atoms with Crippen molar-refractivity contribution in [1.82, 2.24) is 5.32 Å². The minimum atomic E-state index is -0.960. The van der Waals surface area contributed by atoms with E-state index in [0.29, 0.717) is 13.1 Å². The third-order valence-corrected chi connectivity index (χ3v) is 1.98. The van der Waals surface area contributed by atoms with Crippen LogP contribution in [-0.2, 0) is 9.47 Å². The van der Waals surface area contributed by atoms with Crippen LogP contribution in [0, 0.1) is 0 Å². The van der Waals surface area contributed by atoms with E-state index in [-0.39, 0.29) is 6.10 Å². The molecule has 1 heterocycles. The average Bonchev–Trinajstić information content (AvgIpc) is 2.04. The van der Waals surface area contributed by atoms with Crippen LogP contribution in [0.1, 0.15) is 0 Å². The average molecular weight is 163 g/mol. The van der Waals surface area contributed by atoms with Crippen LogP contribution < -0.4 is 5.32 Å². The number of methoxy groups -OCH3 is 2. The maximum absolute atomic E-state index is 13.0. The Labute approximate surface area is 65.9 Å². The predicted molar refractivity (Wildman–Crippen MR) is 39.4 cm³/mol. The second-order valence-corrected chi connectivity index (χ2v) is 2.65. The number of hydrogen-bond donors (Lipinski definition) is 1. The van der Waals surface area contributed by atoms with Gasteiger partial charge in [-0.2, -0.15) is 0 Å². The molecule has 0 amide bonds. The third kappa shape index (κ3) is 1.89. The second-order valence-electron chi connectivity index (χ2n) is 2.65. The molecule has 0 aromatic rings. The van der Waals surface area contributed by atoms with E-state index in [0.717, 1.165) is 0 Å². The first kappa shape index (κ1) is 8.90. The summed E-state index contributed by atoms with van der Waals surface area (Å²) in [7, 11) is 3.07. The van der Waals surface area contributed by atoms with E-state index in [4.69, 9.17) is 9.47 Å². The van der Waals surface area contributed by atoms with Gasteiger partial charge in [-0.05, 0) is 0 Å². The molecule has 1 saturated heterocycles. The number of halogens is 1. The van der Waals surface area contributed by atoms with E-state index in [9.17, 15) is 4.39 Å². The van der Waals surface area contributed by atoms with E-state index in [1.54, 1.807) is 7.11 Å². The Morgan fingerprint density at radius 3 is 2.45 bits per heavy atom. The topological polar surface area (TPSA) is 30.5 Å². The number of piperidine rings is 1. The smallest absolute Gasteiger partial charge is 0.141 e. The maximum Gasteiger partial charge on any atom is 0.141 e. The standard InChI is InChI=1S/C7H14FNO2/c1-10-6-4-9-3-5(8)7(6)11-2/h5-7,9H,3-4H2,1-2H3. The lowest BCUT2D eigenvalue weighted by Gasteiger charge is -2.32. The van der Waals surface area contributed by atoms with Gasteiger partial charge in [0.1, 0.15) is 12.3 Å². The number of ether oxygens (including phenoxy) is 2. The maximum atomic E-state index is 13.0. The van der Waals surface area contributed by atoms with Gasteiger partial charge in [-0.15, -0.1) is 0 Å². The van der Waals surface area contributed by atoms with E-state index < -0.39 is 12.3 Å². The molecule has 3 nitrogen and oxygen atoms in total. The third-order valence-electron chi connectivity index (χ3n) is 1.98. The van der Waals surface area contributed by atoms with Crippen LogP contribution in [0.3, 0.4) is 0 Å². The van der Waals surface area contributed by atoms with Gasteiger partial charge in [-0.25, -0.2) is 4.39 Å². The van der Waals surface area contributed by atoms with Gasteiger partial charge in [0, 0.05) is 27.3 Å². The Balaban J connectivity index is 2.48. The number of alkyl halides is 1. The molecule has 1 N–H and O–H groups in total. The molecular formula is C7H14FNO2. The van der Waals surface area contributed by atoms with Gasteiger partial charge >= 0.3 is 0 Å². The molecule has 1 fully saturated rings. The second kappa shape index (κ2) is 3.99. The van der Waals surface area contributed by atoms with Crippen LogP contribution in [-0.4, -0.2) is 45.7 Å². The van der Waals surface area contributed by atoms with Crippen molar-refractivity contribution in [3.8, 4) is 0 Å². The van der Waals surface area contributed by atoms with Crippen LogP contribution in [0.15, 0.2) is 0 Å². The lowest BCUT2D eigenvalue weighted by Crippen LogP contribution is -2.53. The minimum Gasteiger partial charge on any atom is -0.377 e. The zero-order chi connectivity index (χ0) is 8.27. The van der Waals surface area contributed by atoms with Crippen LogP contribution >= 0.6 is 0 Å². The molecule has 0 aliphatic carbocycles. The van der Waals surface area contributed by atoms with Crippen molar-refractivity contribution >= 4 is 0 Å². The largest absolute Gasteiger partial charge is 0.377 e. The van der Waals surface area contributed by atoms with Crippen LogP contribution in [0.2, 0.25) is 0 Å². The van der Waals surface area contributed by atoms with E-state index in [1.165, 1.54) is 7.11 Å². The summed E-state index contributed by atoms with van der Waals surface area (Å²) in [6.07, 6.45) is -1.54. The summed E-state index contributed by atoms with van der Waals surface area (Å²) in [5.74, 6) is 0. The quantitative estimate of drug-likeness (QED) is 0.619. The lowest BCUT2D eigenvalue weighted by molar-refractivity contribution is -0.0857. The number of nitrogens with one attached hydrogen (secondary N) is 1. The summed E-state index contributed by atoms with van der Waals surface area (Å²) in [6.45, 7) is 1.02. The molecule has 0 aromatic heterocycles. The fraction of sp³-hybridized carbons (Fsp3) is 1.00. The van der Waals surface area contributed by atoms with Gasteiger partial charge in [0.25, 0.3) is 0 Å². The summed E-state index contributed by atoms with van der Waals surface area (Å²) in [5.41, 5.74) is 0. The zero-order valence-corrected chi connectivity index (χ0v) is 6.84. The summed E-state index contributed by atoms with van der Waals surface area (Å²) in [6, 6.07) is 0. The Morgan fingerprint density at radius 2 is 2.00 bits per heavy atom. The molecule has 1 aliphatic heterocycles. The van der Waals surface area contributed by atoms with Crippen molar-refractivity contribution in [2.75, 3.05) is 27.3 Å². The Bertz CT molecular complexity index is 123. The molecule has 0 bridgehead atoms. The zero-order valence-electron chi connectivity index (χ0n) is 6.84. The molecule has 11 heavy (non-hydrogen) atoms. The fourth-order valence-electron chi connectivity index (χ4n) is 1.35. The van der Waals surface area contributed by atoms with Gasteiger partial charge < -0.3 is 14.8 Å². The molecular weight excluding hydrogens is 149 g/mol. The summed E-state index contributed by atoms with van der Waals surface area (Å²) in [4.78, 5) is 0. The molecule has 0 radical (unpaired) electrons. The van der Waals surface area contributed by atoms with Gasteiger partial charge in [-0.1, -0.05) is 0 Å². The van der Waals surface area contributed by atoms with E-state index >= 15 is 0 Å². The first-order chi connectivity index (χ1) is 5.29. The van der Waals surface area contributed by atoms with Crippen LogP contribution in [0.25, 0.3) is 0 Å². The molecule has 0 spiro atoms. The van der Waals surface area contributed by atoms with E-state index in [1.807, 2.05) is 0 Å². The predicted octanol–water partition coefficient (Wildman–Crippen LogP) is -0.0423. The van der Waals surface area contributed by atoms with Gasteiger partial charge in [0.15, 0.2) is 0 Å². The SMILES string of the molecule is COC1CNCC(F)C1OC. The molecule has 0 saturated carbocycles. The van der Waals surface area contributed by atoms with Gasteiger partial charge in [-0.3, -0.25) is 0 Å². The summed E-state index contributed by atoms with van der Waals surface area (Å²) >= 11 is 0. The lowest BCUT2D eigenvalue weighted by atomic mass is 10.1. The molecule has 1 aliphatic rings. The minimum absolute atomic E-state index is 0.163. The molecule has 3 unspecified atom stereocenters. The van der Waals surface area contributed by atoms with Gasteiger partial charge in [0.05, 0.1) is 6.10 Å². The molecule has 1 rings (SSSR count). The fourth-order valence-corrected chi connectivity index (χ4v) is 1.35. The first-order valence-corrected chi connectivity index (χ1v) is 3.70. The van der Waals surface area contributed by atoms with Crippen molar-refractivity contribution in [3.63, 3.8) is 0 Å². The Kier molecular flexibility index (Phi) is 3.23. The Morgan fingerprint density at radius 1 is 1.27 bits per heavy atom. The Hall–Kier alpha value is -0.190. The highest BCUT2D eigenvalue weighted by Gasteiger charge is 2.33. The van der Waals surface area contributed by atoms with Crippen molar-refractivity contribution in [2.24, 2.45) is 0 Å². The van der Waals surface area contributed by atoms with Gasteiger partial charge in [0.2, 0.25) is 0 Å². The highest BCUT2D eigenvalue weighted by Crippen LogP contribution is 2.13. The van der Waals surface area contributed by atoms with Crippen molar-refractivity contribution < 1.29 is 13.9 Å².